The van der Waals surface area contributed by atoms with Gasteiger partial charge in [0, 0.05) is 0 Å². The highest BCUT2D eigenvalue weighted by Gasteiger charge is 2.15. The van der Waals surface area contributed by atoms with Crippen LogP contribution in [0.2, 0.25) is 0 Å². The third-order valence-electron chi connectivity index (χ3n) is 3.93. The highest BCUT2D eigenvalue weighted by Crippen LogP contribution is 2.27. The topological polar surface area (TPSA) is 54.8 Å². The lowest BCUT2D eigenvalue weighted by Crippen LogP contribution is -2.26. The van der Waals surface area contributed by atoms with E-state index in [1.54, 1.807) is 13.3 Å². The number of ether oxygens (including phenoxy) is 1. The number of aromatic nitrogens is 1. The molecule has 0 saturated carbocycles. The Morgan fingerprint density at radius 3 is 2.31 bits per heavy atom. The van der Waals surface area contributed by atoms with E-state index in [2.05, 4.69) is 4.98 Å². The molecule has 0 spiro atoms. The Hall–Kier alpha value is -3.38. The van der Waals surface area contributed by atoms with E-state index < -0.39 is 0 Å². The lowest BCUT2D eigenvalue weighted by Gasteiger charge is -2.19. The van der Waals surface area contributed by atoms with Crippen molar-refractivity contribution in [1.82, 2.24) is 4.98 Å². The average molecular weight is 404 g/mol. The molecule has 146 valence electrons. The molecule has 0 unspecified atom stereocenters. The number of anilines is 1. The van der Waals surface area contributed by atoms with E-state index >= 15 is 0 Å². The Morgan fingerprint density at radius 2 is 1.72 bits per heavy atom. The number of amidine groups is 1. The minimum absolute atomic E-state index is 0.555. The second-order valence-corrected chi connectivity index (χ2v) is 7.23. The molecule has 0 bridgehead atoms. The summed E-state index contributed by atoms with van der Waals surface area (Å²) in [6.45, 7) is 1.96. The van der Waals surface area contributed by atoms with E-state index in [1.807, 2.05) is 85.8 Å². The average Bonchev–Trinajstić information content (AvgIpc) is 2.76. The monoisotopic (exact) mass is 403 g/mol. The molecule has 0 N–H and O–H groups in total. The number of rotatable bonds is 6. The summed E-state index contributed by atoms with van der Waals surface area (Å²) < 4.78 is 5.15. The van der Waals surface area contributed by atoms with Gasteiger partial charge in [0.05, 0.1) is 30.4 Å². The fourth-order valence-corrected chi connectivity index (χ4v) is 3.39. The van der Waals surface area contributed by atoms with Gasteiger partial charge in [0.1, 0.15) is 5.75 Å². The summed E-state index contributed by atoms with van der Waals surface area (Å²) >= 11 is 1.41. The summed E-state index contributed by atoms with van der Waals surface area (Å²) in [5.41, 5.74) is 2.32. The van der Waals surface area contributed by atoms with Crippen LogP contribution in [0.4, 0.5) is 11.4 Å². The van der Waals surface area contributed by atoms with Crippen molar-refractivity contribution in [2.24, 2.45) is 4.99 Å². The molecule has 0 aliphatic heterocycles. The number of carbonyl (C=O) groups is 1. The minimum Gasteiger partial charge on any atom is -0.495 e. The number of allylic oxidation sites excluding steroid dienone is 1. The van der Waals surface area contributed by atoms with Gasteiger partial charge in [-0.05, 0) is 54.3 Å². The molecule has 1 heterocycles. The third kappa shape index (κ3) is 5.80. The van der Waals surface area contributed by atoms with Gasteiger partial charge in [-0.3, -0.25) is 14.7 Å². The number of hydrogen-bond acceptors (Lipinski definition) is 5. The number of aliphatic imine (C=N–C) groups is 1. The lowest BCUT2D eigenvalue weighted by molar-refractivity contribution is -0.106. The molecule has 0 fully saturated rings. The van der Waals surface area contributed by atoms with Crippen LogP contribution < -0.4 is 9.64 Å². The Labute approximate surface area is 174 Å². The van der Waals surface area contributed by atoms with Crippen molar-refractivity contribution in [3.05, 3.63) is 89.6 Å². The van der Waals surface area contributed by atoms with Crippen LogP contribution in [0.3, 0.4) is 0 Å². The van der Waals surface area contributed by atoms with Gasteiger partial charge < -0.3 is 4.74 Å². The molecule has 3 rings (SSSR count). The smallest absolute Gasteiger partial charge is 0.220 e. The number of hydrogen-bond donors (Lipinski definition) is 0. The zero-order valence-electron chi connectivity index (χ0n) is 16.2. The molecule has 0 aliphatic carbocycles. The van der Waals surface area contributed by atoms with Crippen molar-refractivity contribution in [2.75, 3.05) is 12.0 Å². The van der Waals surface area contributed by atoms with Gasteiger partial charge in [0.15, 0.2) is 5.17 Å². The van der Waals surface area contributed by atoms with E-state index in [0.29, 0.717) is 10.9 Å². The number of thioether (sulfide) groups is 1. The summed E-state index contributed by atoms with van der Waals surface area (Å²) in [5.74, 6) is 0.704. The summed E-state index contributed by atoms with van der Waals surface area (Å²) in [7, 11) is 1.61. The first-order chi connectivity index (χ1) is 14.2. The maximum absolute atomic E-state index is 11.9. The number of carbonyl (C=O) groups excluding carboxylic acids is 1. The largest absolute Gasteiger partial charge is 0.495 e. The van der Waals surface area contributed by atoms with E-state index in [9.17, 15) is 4.79 Å². The van der Waals surface area contributed by atoms with Gasteiger partial charge in [-0.25, -0.2) is 4.99 Å². The van der Waals surface area contributed by atoms with Gasteiger partial charge in [-0.15, -0.1) is 0 Å². The third-order valence-corrected chi connectivity index (χ3v) is 4.84. The molecule has 6 heteroatoms. The van der Waals surface area contributed by atoms with Crippen molar-refractivity contribution in [3.63, 3.8) is 0 Å². The molecule has 1 aromatic heterocycles. The van der Waals surface area contributed by atoms with E-state index in [1.165, 1.54) is 16.7 Å². The molecule has 0 aliphatic rings. The zero-order valence-corrected chi connectivity index (χ0v) is 17.0. The van der Waals surface area contributed by atoms with E-state index in [4.69, 9.17) is 9.73 Å². The summed E-state index contributed by atoms with van der Waals surface area (Å²) in [6, 6.07) is 22.7. The normalized spacial score (nSPS) is 11.8. The quantitative estimate of drug-likeness (QED) is 0.308. The predicted molar refractivity (Wildman–Crippen MR) is 121 cm³/mol. The number of methoxy groups -OCH3 is 1. The molecule has 1 amide bonds. The van der Waals surface area contributed by atoms with Crippen LogP contribution in [0.5, 0.6) is 5.75 Å². The van der Waals surface area contributed by atoms with Crippen molar-refractivity contribution >= 4 is 40.8 Å². The fourth-order valence-electron chi connectivity index (χ4n) is 2.52. The van der Waals surface area contributed by atoms with Gasteiger partial charge in [-0.1, -0.05) is 48.2 Å². The maximum atomic E-state index is 11.9. The Kier molecular flexibility index (Phi) is 7.19. The molecule has 0 saturated heterocycles. The lowest BCUT2D eigenvalue weighted by atomic mass is 10.3. The number of pyridine rings is 1. The number of nitrogens with zero attached hydrogens (tertiary/aromatic N) is 3. The van der Waals surface area contributed by atoms with Crippen molar-refractivity contribution in [1.29, 1.82) is 0 Å². The van der Waals surface area contributed by atoms with Gasteiger partial charge in [0.2, 0.25) is 6.41 Å². The second-order valence-electron chi connectivity index (χ2n) is 6.02. The molecule has 3 aromatic rings. The Bertz CT molecular complexity index is 988. The molecule has 5 nitrogen and oxygen atoms in total. The summed E-state index contributed by atoms with van der Waals surface area (Å²) in [6.07, 6.45) is 4.39. The van der Waals surface area contributed by atoms with E-state index in [0.717, 1.165) is 28.4 Å². The minimum atomic E-state index is 0.555. The van der Waals surface area contributed by atoms with Gasteiger partial charge >= 0.3 is 0 Å². The molecule has 29 heavy (non-hydrogen) atoms. The van der Waals surface area contributed by atoms with Crippen LogP contribution >= 0.6 is 11.8 Å². The zero-order chi connectivity index (χ0) is 20.5. The first kappa shape index (κ1) is 20.4. The van der Waals surface area contributed by atoms with Crippen LogP contribution in [0.25, 0.3) is 6.08 Å². The van der Waals surface area contributed by atoms with E-state index in [-0.39, 0.29) is 0 Å². The fraction of sp³-hybridized carbons (Fsp3) is 0.0870. The Morgan fingerprint density at radius 1 is 1.03 bits per heavy atom. The molecule has 0 radical (unpaired) electrons. The molecular formula is C23H21N3O2S. The Balaban J connectivity index is 1.93. The summed E-state index contributed by atoms with van der Waals surface area (Å²) in [4.78, 5) is 23.5. The van der Waals surface area contributed by atoms with Crippen LogP contribution in [-0.4, -0.2) is 23.7 Å². The van der Waals surface area contributed by atoms with Crippen molar-refractivity contribution in [3.8, 4) is 5.75 Å². The maximum Gasteiger partial charge on any atom is 0.220 e. The van der Waals surface area contributed by atoms with Crippen LogP contribution in [0, 0.1) is 0 Å². The second kappa shape index (κ2) is 10.2. The number of amides is 1. The standard InChI is InChI=1S/C23H21N3O2S/c1-18(15-20-13-14-22(28-2)16-24-20)29-23(25-19-9-5-3-6-10-19)26(17-27)21-11-7-4-8-12-21/h3-17H,1-2H3/b18-15-,25-23-. The summed E-state index contributed by atoms with van der Waals surface area (Å²) in [5, 5.41) is 0.555. The van der Waals surface area contributed by atoms with Crippen molar-refractivity contribution in [2.45, 2.75) is 6.92 Å². The predicted octanol–water partition coefficient (Wildman–Crippen LogP) is 5.53. The highest BCUT2D eigenvalue weighted by atomic mass is 32.2. The highest BCUT2D eigenvalue weighted by molar-refractivity contribution is 8.17. The van der Waals surface area contributed by atoms with Crippen LogP contribution in [-0.2, 0) is 4.79 Å². The van der Waals surface area contributed by atoms with Crippen LogP contribution in [0.15, 0.2) is 88.9 Å². The SMILES string of the molecule is COc1ccc(/C=C(/C)S/C(=N\c2ccccc2)N(C=O)c2ccccc2)nc1. The van der Waals surface area contributed by atoms with Gasteiger partial charge in [-0.2, -0.15) is 0 Å². The van der Waals surface area contributed by atoms with Crippen molar-refractivity contribution < 1.29 is 9.53 Å². The number of benzene rings is 2. The molecular weight excluding hydrogens is 382 g/mol. The molecule has 0 atom stereocenters. The van der Waals surface area contributed by atoms with Crippen LogP contribution in [0.1, 0.15) is 12.6 Å². The van der Waals surface area contributed by atoms with Gasteiger partial charge in [0.25, 0.3) is 0 Å². The first-order valence-corrected chi connectivity index (χ1v) is 9.81. The molecule has 2 aromatic carbocycles. The number of para-hydroxylation sites is 2. The first-order valence-electron chi connectivity index (χ1n) is 8.99.